The van der Waals surface area contributed by atoms with Crippen molar-refractivity contribution in [2.75, 3.05) is 18.6 Å². The molecule has 0 aliphatic carbocycles. The third kappa shape index (κ3) is 5.44. The predicted octanol–water partition coefficient (Wildman–Crippen LogP) is 2.33. The second kappa shape index (κ2) is 9.84. The Hall–Kier alpha value is -2.75. The predicted molar refractivity (Wildman–Crippen MR) is 117 cm³/mol. The number of aliphatic hydroxyl groups excluding tert-OH is 1. The molecule has 0 fully saturated rings. The van der Waals surface area contributed by atoms with Gasteiger partial charge in [0, 0.05) is 24.2 Å². The van der Waals surface area contributed by atoms with Gasteiger partial charge >= 0.3 is 0 Å². The maximum Gasteiger partial charge on any atom is 0.247 e. The van der Waals surface area contributed by atoms with Crippen molar-refractivity contribution in [3.8, 4) is 5.75 Å². The number of carbonyl (C=O) groups excluding carboxylic acids is 1. The van der Waals surface area contributed by atoms with Crippen molar-refractivity contribution in [2.24, 2.45) is 10.7 Å². The number of aliphatic hydroxyl groups is 1. The zero-order valence-electron chi connectivity index (χ0n) is 16.3. The van der Waals surface area contributed by atoms with Crippen LogP contribution in [-0.2, 0) is 11.2 Å². The second-order valence-corrected chi connectivity index (χ2v) is 7.65. The van der Waals surface area contributed by atoms with E-state index >= 15 is 0 Å². The molecule has 0 saturated heterocycles. The highest BCUT2D eigenvalue weighted by molar-refractivity contribution is 9.10. The van der Waals surface area contributed by atoms with Crippen LogP contribution in [-0.4, -0.2) is 43.3 Å². The molecule has 0 saturated carbocycles. The van der Waals surface area contributed by atoms with Gasteiger partial charge in [-0.1, -0.05) is 28.1 Å². The van der Waals surface area contributed by atoms with E-state index in [9.17, 15) is 14.3 Å². The highest BCUT2D eigenvalue weighted by Gasteiger charge is 2.30. The number of amides is 1. The SMILES string of the molecule is CN1C(=O)[C@@H](NC(O)N=CC(=CN)Cc2ccc(F)cc2)COc2ccc(Br)cc21. The number of allylic oxidation sites excluding steroid dienone is 1. The van der Waals surface area contributed by atoms with Crippen LogP contribution in [0.1, 0.15) is 5.56 Å². The lowest BCUT2D eigenvalue weighted by molar-refractivity contribution is -0.121. The fraction of sp³-hybridized carbons (Fsp3) is 0.238. The Balaban J connectivity index is 1.63. The number of carbonyl (C=O) groups is 1. The zero-order valence-corrected chi connectivity index (χ0v) is 17.8. The maximum absolute atomic E-state index is 13.0. The van der Waals surface area contributed by atoms with Crippen molar-refractivity contribution in [2.45, 2.75) is 18.8 Å². The van der Waals surface area contributed by atoms with E-state index in [1.807, 2.05) is 6.07 Å². The van der Waals surface area contributed by atoms with Crippen LogP contribution in [0.5, 0.6) is 5.75 Å². The molecule has 1 aliphatic heterocycles. The summed E-state index contributed by atoms with van der Waals surface area (Å²) in [4.78, 5) is 18.3. The fourth-order valence-corrected chi connectivity index (χ4v) is 3.31. The molecule has 7 nitrogen and oxygen atoms in total. The summed E-state index contributed by atoms with van der Waals surface area (Å²) in [6, 6.07) is 10.6. The number of hydrogen-bond donors (Lipinski definition) is 3. The molecule has 4 N–H and O–H groups in total. The number of ether oxygens (including phenoxy) is 1. The Morgan fingerprint density at radius 1 is 1.43 bits per heavy atom. The van der Waals surface area contributed by atoms with Gasteiger partial charge < -0.3 is 20.5 Å². The minimum absolute atomic E-state index is 0.0412. The third-order valence-electron chi connectivity index (χ3n) is 4.58. The largest absolute Gasteiger partial charge is 0.489 e. The van der Waals surface area contributed by atoms with E-state index in [1.165, 1.54) is 29.4 Å². The number of halogens is 2. The number of rotatable bonds is 6. The minimum Gasteiger partial charge on any atom is -0.489 e. The molecule has 3 rings (SSSR count). The molecule has 1 heterocycles. The normalized spacial score (nSPS) is 18.1. The van der Waals surface area contributed by atoms with E-state index in [4.69, 9.17) is 10.5 Å². The van der Waals surface area contributed by atoms with Gasteiger partial charge in [-0.2, -0.15) is 0 Å². The summed E-state index contributed by atoms with van der Waals surface area (Å²) < 4.78 is 19.6. The molecule has 158 valence electrons. The summed E-state index contributed by atoms with van der Waals surface area (Å²) in [5.74, 6) is -0.00827. The number of aliphatic imine (C=N–C) groups is 1. The van der Waals surface area contributed by atoms with Gasteiger partial charge in [-0.05, 0) is 47.7 Å². The van der Waals surface area contributed by atoms with E-state index in [2.05, 4.69) is 26.2 Å². The first-order valence-corrected chi connectivity index (χ1v) is 9.99. The van der Waals surface area contributed by atoms with Crippen LogP contribution < -0.4 is 20.7 Å². The van der Waals surface area contributed by atoms with Crippen molar-refractivity contribution in [3.05, 3.63) is 70.1 Å². The topological polar surface area (TPSA) is 100 Å². The summed E-state index contributed by atoms with van der Waals surface area (Å²) in [6.07, 6.45) is 1.86. The summed E-state index contributed by atoms with van der Waals surface area (Å²) in [6.45, 7) is 0.0412. The van der Waals surface area contributed by atoms with Crippen LogP contribution in [0.25, 0.3) is 0 Å². The van der Waals surface area contributed by atoms with Crippen molar-refractivity contribution in [3.63, 3.8) is 0 Å². The molecule has 30 heavy (non-hydrogen) atoms. The van der Waals surface area contributed by atoms with Crippen molar-refractivity contribution in [1.82, 2.24) is 5.32 Å². The van der Waals surface area contributed by atoms with Crippen LogP contribution >= 0.6 is 15.9 Å². The number of nitrogens with zero attached hydrogens (tertiary/aromatic N) is 2. The van der Waals surface area contributed by atoms with E-state index in [0.29, 0.717) is 23.4 Å². The Morgan fingerprint density at radius 3 is 2.87 bits per heavy atom. The lowest BCUT2D eigenvalue weighted by Crippen LogP contribution is -2.50. The molecule has 0 radical (unpaired) electrons. The first-order valence-electron chi connectivity index (χ1n) is 9.20. The molecule has 0 aromatic heterocycles. The summed E-state index contributed by atoms with van der Waals surface area (Å²) >= 11 is 3.38. The second-order valence-electron chi connectivity index (χ2n) is 6.74. The van der Waals surface area contributed by atoms with Crippen LogP contribution in [0.3, 0.4) is 0 Å². The lowest BCUT2D eigenvalue weighted by Gasteiger charge is -2.21. The van der Waals surface area contributed by atoms with Crippen LogP contribution in [0, 0.1) is 5.82 Å². The van der Waals surface area contributed by atoms with Gasteiger partial charge in [0.25, 0.3) is 0 Å². The van der Waals surface area contributed by atoms with Gasteiger partial charge in [0.15, 0.2) is 0 Å². The van der Waals surface area contributed by atoms with Gasteiger partial charge in [0.2, 0.25) is 12.3 Å². The quantitative estimate of drug-likeness (QED) is 0.438. The molecule has 9 heteroatoms. The molecular formula is C21H22BrFN4O3. The van der Waals surface area contributed by atoms with Crippen molar-refractivity contribution < 1.29 is 19.0 Å². The average Bonchev–Trinajstić information content (AvgIpc) is 2.85. The number of fused-ring (bicyclic) bond motifs is 1. The number of likely N-dealkylation sites (N-methyl/N-ethyl adjacent to an activating group) is 1. The molecule has 0 spiro atoms. The van der Waals surface area contributed by atoms with Crippen LogP contribution in [0.2, 0.25) is 0 Å². The average molecular weight is 477 g/mol. The lowest BCUT2D eigenvalue weighted by atomic mass is 10.1. The standard InChI is InChI=1S/C21H22BrFN4O3/c1-27-18-9-15(22)4-7-19(18)30-12-17(20(27)28)26-21(29)25-11-14(10-24)8-13-2-5-16(23)6-3-13/h2-7,9-11,17,21,26,29H,8,12,24H2,1H3/t17-,21?/m0/s1. The number of hydrogen-bond acceptors (Lipinski definition) is 6. The Kier molecular flexibility index (Phi) is 7.20. The minimum atomic E-state index is -1.34. The molecule has 2 aromatic carbocycles. The summed E-state index contributed by atoms with van der Waals surface area (Å²) in [5.41, 5.74) is 7.73. The van der Waals surface area contributed by atoms with Gasteiger partial charge in [-0.3, -0.25) is 10.1 Å². The molecule has 1 unspecified atom stereocenters. The van der Waals surface area contributed by atoms with Gasteiger partial charge in [-0.15, -0.1) is 0 Å². The van der Waals surface area contributed by atoms with Gasteiger partial charge in [-0.25, -0.2) is 9.38 Å². The summed E-state index contributed by atoms with van der Waals surface area (Å²) in [7, 11) is 1.64. The Bertz CT molecular complexity index is 965. The monoisotopic (exact) mass is 476 g/mol. The van der Waals surface area contributed by atoms with E-state index in [1.54, 1.807) is 31.3 Å². The highest BCUT2D eigenvalue weighted by Crippen LogP contribution is 2.33. The number of benzene rings is 2. The zero-order chi connectivity index (χ0) is 21.7. The van der Waals surface area contributed by atoms with Gasteiger partial charge in [0.05, 0.1) is 5.69 Å². The van der Waals surface area contributed by atoms with E-state index in [-0.39, 0.29) is 18.3 Å². The molecule has 2 aromatic rings. The number of nitrogens with two attached hydrogens (primary N) is 1. The van der Waals surface area contributed by atoms with E-state index in [0.717, 1.165) is 10.0 Å². The molecule has 1 aliphatic rings. The van der Waals surface area contributed by atoms with Crippen LogP contribution in [0.15, 0.2) is 63.7 Å². The van der Waals surface area contributed by atoms with Crippen molar-refractivity contribution in [1.29, 1.82) is 0 Å². The first kappa shape index (κ1) is 21.9. The van der Waals surface area contributed by atoms with Crippen LogP contribution in [0.4, 0.5) is 10.1 Å². The first-order chi connectivity index (χ1) is 14.4. The Morgan fingerprint density at radius 2 is 2.17 bits per heavy atom. The fourth-order valence-electron chi connectivity index (χ4n) is 2.97. The smallest absolute Gasteiger partial charge is 0.247 e. The number of nitrogens with one attached hydrogen (secondary N) is 1. The highest BCUT2D eigenvalue weighted by atomic mass is 79.9. The maximum atomic E-state index is 13.0. The molecular weight excluding hydrogens is 455 g/mol. The van der Waals surface area contributed by atoms with Gasteiger partial charge in [0.1, 0.15) is 24.2 Å². The van der Waals surface area contributed by atoms with E-state index < -0.39 is 12.4 Å². The van der Waals surface area contributed by atoms with Crippen molar-refractivity contribution >= 4 is 33.7 Å². The third-order valence-corrected chi connectivity index (χ3v) is 5.08. The molecule has 1 amide bonds. The molecule has 2 atom stereocenters. The summed E-state index contributed by atoms with van der Waals surface area (Å²) in [5, 5.41) is 13.0. The molecule has 0 bridgehead atoms. The Labute approximate surface area is 182 Å². The number of anilines is 1.